The maximum Gasteiger partial charge on any atom is 0.416 e. The van der Waals surface area contributed by atoms with Gasteiger partial charge in [-0.1, -0.05) is 18.2 Å². The van der Waals surface area contributed by atoms with Gasteiger partial charge in [0.2, 0.25) is 0 Å². The number of benzene rings is 1. The summed E-state index contributed by atoms with van der Waals surface area (Å²) in [7, 11) is 0. The molecule has 1 aromatic carbocycles. The van der Waals surface area contributed by atoms with Gasteiger partial charge in [0.15, 0.2) is 0 Å². The lowest BCUT2D eigenvalue weighted by Gasteiger charge is -2.35. The van der Waals surface area contributed by atoms with Gasteiger partial charge in [-0.05, 0) is 43.9 Å². The molecule has 0 aliphatic carbocycles. The van der Waals surface area contributed by atoms with E-state index in [4.69, 9.17) is 5.73 Å². The number of halogens is 4. The Morgan fingerprint density at radius 1 is 1.33 bits per heavy atom. The summed E-state index contributed by atoms with van der Waals surface area (Å²) >= 11 is 0. The second-order valence-corrected chi connectivity index (χ2v) is 5.65. The Hall–Kier alpha value is -0.780. The van der Waals surface area contributed by atoms with E-state index in [1.54, 1.807) is 12.1 Å². The van der Waals surface area contributed by atoms with Crippen LogP contribution in [-0.4, -0.2) is 24.0 Å². The molecule has 0 saturated carbocycles. The molecule has 0 spiro atoms. The standard InChI is InChI=1S/C15H21F3N2.ClH/c1-11(19)12-6-4-8-20(9-12)10-13-5-2-3-7-14(13)15(16,17)18;/h2-3,5,7,11-12H,4,6,8-10,19H2,1H3;1H. The molecule has 21 heavy (non-hydrogen) atoms. The first-order valence-electron chi connectivity index (χ1n) is 7.01. The van der Waals surface area contributed by atoms with Gasteiger partial charge >= 0.3 is 6.18 Å². The van der Waals surface area contributed by atoms with Crippen molar-refractivity contribution in [1.29, 1.82) is 0 Å². The van der Waals surface area contributed by atoms with Crippen molar-refractivity contribution < 1.29 is 13.2 Å². The van der Waals surface area contributed by atoms with E-state index in [1.807, 2.05) is 6.92 Å². The Balaban J connectivity index is 0.00000220. The number of likely N-dealkylation sites (tertiary alicyclic amines) is 1. The van der Waals surface area contributed by atoms with Crippen LogP contribution < -0.4 is 5.73 Å². The summed E-state index contributed by atoms with van der Waals surface area (Å²) in [5, 5.41) is 0. The topological polar surface area (TPSA) is 29.3 Å². The van der Waals surface area contributed by atoms with E-state index in [-0.39, 0.29) is 18.4 Å². The van der Waals surface area contributed by atoms with E-state index in [0.717, 1.165) is 32.0 Å². The molecule has 0 aromatic heterocycles. The monoisotopic (exact) mass is 322 g/mol. The summed E-state index contributed by atoms with van der Waals surface area (Å²) in [4.78, 5) is 2.09. The van der Waals surface area contributed by atoms with Gasteiger partial charge in [0, 0.05) is 19.1 Å². The van der Waals surface area contributed by atoms with Gasteiger partial charge in [-0.3, -0.25) is 4.90 Å². The van der Waals surface area contributed by atoms with Crippen LogP contribution in [-0.2, 0) is 12.7 Å². The van der Waals surface area contributed by atoms with Crippen LogP contribution in [0.4, 0.5) is 13.2 Å². The molecular formula is C15H22ClF3N2. The van der Waals surface area contributed by atoms with Crippen LogP contribution in [0.1, 0.15) is 30.9 Å². The molecule has 0 bridgehead atoms. The Morgan fingerprint density at radius 3 is 2.62 bits per heavy atom. The maximum atomic E-state index is 13.0. The minimum absolute atomic E-state index is 0. The van der Waals surface area contributed by atoms with Crippen LogP contribution in [0.5, 0.6) is 0 Å². The first-order chi connectivity index (χ1) is 9.38. The maximum absolute atomic E-state index is 13.0. The number of nitrogens with zero attached hydrogens (tertiary/aromatic N) is 1. The highest BCUT2D eigenvalue weighted by atomic mass is 35.5. The molecular weight excluding hydrogens is 301 g/mol. The molecule has 0 amide bonds. The number of piperidine rings is 1. The first kappa shape index (κ1) is 18.3. The van der Waals surface area contributed by atoms with Crippen molar-refractivity contribution in [1.82, 2.24) is 4.90 Å². The number of alkyl halides is 3. The SMILES string of the molecule is CC(N)C1CCCN(Cc2ccccc2C(F)(F)F)C1.Cl. The van der Waals surface area contributed by atoms with Crippen LogP contribution in [0, 0.1) is 5.92 Å². The highest BCUT2D eigenvalue weighted by Gasteiger charge is 2.33. The molecule has 1 fully saturated rings. The van der Waals surface area contributed by atoms with Crippen molar-refractivity contribution in [3.63, 3.8) is 0 Å². The highest BCUT2D eigenvalue weighted by Crippen LogP contribution is 2.33. The molecule has 2 atom stereocenters. The van der Waals surface area contributed by atoms with Crippen molar-refractivity contribution in [3.05, 3.63) is 35.4 Å². The zero-order valence-corrected chi connectivity index (χ0v) is 12.9. The lowest BCUT2D eigenvalue weighted by molar-refractivity contribution is -0.138. The average molecular weight is 323 g/mol. The molecule has 2 N–H and O–H groups in total. The van der Waals surface area contributed by atoms with Crippen LogP contribution in [0.2, 0.25) is 0 Å². The van der Waals surface area contributed by atoms with Crippen molar-refractivity contribution in [2.45, 2.75) is 38.5 Å². The van der Waals surface area contributed by atoms with Gasteiger partial charge in [0.1, 0.15) is 0 Å². The van der Waals surface area contributed by atoms with Crippen molar-refractivity contribution in [2.75, 3.05) is 13.1 Å². The lowest BCUT2D eigenvalue weighted by Crippen LogP contribution is -2.42. The summed E-state index contributed by atoms with van der Waals surface area (Å²) in [6.45, 7) is 3.94. The average Bonchev–Trinajstić information content (AvgIpc) is 2.38. The molecule has 0 radical (unpaired) electrons. The second kappa shape index (κ2) is 7.47. The fourth-order valence-electron chi connectivity index (χ4n) is 2.84. The molecule has 1 aliphatic rings. The lowest BCUT2D eigenvalue weighted by atomic mass is 9.91. The fourth-order valence-corrected chi connectivity index (χ4v) is 2.84. The van der Waals surface area contributed by atoms with Crippen LogP contribution in [0.3, 0.4) is 0 Å². The Bertz CT molecular complexity index is 449. The van der Waals surface area contributed by atoms with Crippen molar-refractivity contribution in [3.8, 4) is 0 Å². The fraction of sp³-hybridized carbons (Fsp3) is 0.600. The number of nitrogens with two attached hydrogens (primary N) is 1. The summed E-state index contributed by atoms with van der Waals surface area (Å²) in [6.07, 6.45) is -2.22. The summed E-state index contributed by atoms with van der Waals surface area (Å²) in [6, 6.07) is 5.92. The van der Waals surface area contributed by atoms with Gasteiger partial charge in [-0.15, -0.1) is 12.4 Å². The predicted octanol–water partition coefficient (Wildman–Crippen LogP) is 3.69. The number of hydrogen-bond donors (Lipinski definition) is 1. The van der Waals surface area contributed by atoms with Crippen molar-refractivity contribution >= 4 is 12.4 Å². The Kier molecular flexibility index (Phi) is 6.50. The predicted molar refractivity (Wildman–Crippen MR) is 80.3 cm³/mol. The smallest absolute Gasteiger partial charge is 0.328 e. The van der Waals surface area contributed by atoms with E-state index < -0.39 is 11.7 Å². The highest BCUT2D eigenvalue weighted by molar-refractivity contribution is 5.85. The molecule has 1 saturated heterocycles. The molecule has 1 heterocycles. The van der Waals surface area contributed by atoms with E-state index in [2.05, 4.69) is 4.90 Å². The van der Waals surface area contributed by atoms with E-state index in [0.29, 0.717) is 18.0 Å². The van der Waals surface area contributed by atoms with Gasteiger partial charge in [-0.2, -0.15) is 13.2 Å². The minimum Gasteiger partial charge on any atom is -0.328 e. The minimum atomic E-state index is -4.28. The van der Waals surface area contributed by atoms with E-state index in [1.165, 1.54) is 6.07 Å². The molecule has 2 unspecified atom stereocenters. The van der Waals surface area contributed by atoms with Crippen LogP contribution >= 0.6 is 12.4 Å². The van der Waals surface area contributed by atoms with Gasteiger partial charge in [0.25, 0.3) is 0 Å². The van der Waals surface area contributed by atoms with Crippen LogP contribution in [0.15, 0.2) is 24.3 Å². The molecule has 1 aliphatic heterocycles. The van der Waals surface area contributed by atoms with E-state index in [9.17, 15) is 13.2 Å². The number of rotatable bonds is 3. The van der Waals surface area contributed by atoms with Gasteiger partial charge < -0.3 is 5.73 Å². The van der Waals surface area contributed by atoms with Gasteiger partial charge in [0.05, 0.1) is 5.56 Å². The van der Waals surface area contributed by atoms with Crippen molar-refractivity contribution in [2.24, 2.45) is 11.7 Å². The molecule has 2 rings (SSSR count). The quantitative estimate of drug-likeness (QED) is 0.919. The molecule has 2 nitrogen and oxygen atoms in total. The first-order valence-corrected chi connectivity index (χ1v) is 7.01. The molecule has 120 valence electrons. The normalized spacial score (nSPS) is 21.7. The third-order valence-corrected chi connectivity index (χ3v) is 4.00. The third kappa shape index (κ3) is 4.87. The third-order valence-electron chi connectivity index (χ3n) is 4.00. The summed E-state index contributed by atoms with van der Waals surface area (Å²) < 4.78 is 38.9. The summed E-state index contributed by atoms with van der Waals surface area (Å²) in [5.74, 6) is 0.377. The largest absolute Gasteiger partial charge is 0.416 e. The van der Waals surface area contributed by atoms with E-state index >= 15 is 0 Å². The van der Waals surface area contributed by atoms with Crippen LogP contribution in [0.25, 0.3) is 0 Å². The second-order valence-electron chi connectivity index (χ2n) is 5.65. The zero-order valence-electron chi connectivity index (χ0n) is 12.1. The Labute approximate surface area is 129 Å². The molecule has 6 heteroatoms. The number of hydrogen-bond acceptors (Lipinski definition) is 2. The summed E-state index contributed by atoms with van der Waals surface area (Å²) in [5.41, 5.74) is 5.74. The molecule has 1 aromatic rings. The Morgan fingerprint density at radius 2 is 2.00 bits per heavy atom. The van der Waals surface area contributed by atoms with Gasteiger partial charge in [-0.25, -0.2) is 0 Å². The zero-order chi connectivity index (χ0) is 14.8.